The second kappa shape index (κ2) is 56.2. The van der Waals surface area contributed by atoms with Crippen LogP contribution in [0.2, 0.25) is 0 Å². The van der Waals surface area contributed by atoms with Crippen molar-refractivity contribution in [3.8, 4) is 0 Å². The molecule has 24 heteroatoms. The Bertz CT molecular complexity index is 4070. The summed E-state index contributed by atoms with van der Waals surface area (Å²) in [5.74, 6) is 1.07. The summed E-state index contributed by atoms with van der Waals surface area (Å²) in [7, 11) is 11.3. The Kier molecular flexibility index (Phi) is 48.2. The first-order valence-electron chi connectivity index (χ1n) is 55.6. The lowest BCUT2D eigenvalue weighted by molar-refractivity contribution is -0.145. The first kappa shape index (κ1) is 121. The molecule has 6 heterocycles. The van der Waals surface area contributed by atoms with Crippen molar-refractivity contribution < 1.29 is 57.5 Å². The molecule has 12 rings (SSSR count). The van der Waals surface area contributed by atoms with E-state index in [0.29, 0.717) is 31.2 Å². The third-order valence-electron chi connectivity index (χ3n) is 32.3. The van der Waals surface area contributed by atoms with Gasteiger partial charge in [0.1, 0.15) is 34.7 Å². The SMILES string of the molecule is CC(C)N1CCC[C@H]1CN(C)C(=O)[C@H]1CCCC[C@H]1C(=O)C(C)(C)C.CCN1CCC[C@@H]1CN(C)C(=O)[C@@H]1CCCC[C@@H]1C(=O)C(C)(C)C.CN(CCN1CCCC1)C(=O)[C@@H]1CCCC[C@@H]1C(=O)C(C)(C)C.CN(CCN1CCCC1)C(=O)[C@H]1CCCC[C@H]1C(=O)C(C)(C)C.CN(Cc1ccccn1)C(=O)[C@@H]1CCCC[C@@H]1C(=O)C(C)(C)C.CN(Cc1ccccn1)C(=O)[C@H]1CCCC[C@H]1C(=O)C(C)(C)C. The van der Waals surface area contributed by atoms with E-state index in [1.807, 2.05) is 223 Å². The average Bonchev–Trinajstić information content (AvgIpc) is 1.45. The Morgan fingerprint density at radius 2 is 0.525 bits per heavy atom. The lowest BCUT2D eigenvalue weighted by Crippen LogP contribution is -2.48. The predicted molar refractivity (Wildman–Crippen MR) is 568 cm³/mol. The lowest BCUT2D eigenvalue weighted by atomic mass is 9.70. The molecule has 10 aliphatic rings. The van der Waals surface area contributed by atoms with Crippen LogP contribution in [-0.4, -0.2) is 275 Å². The molecule has 6 saturated carbocycles. The smallest absolute Gasteiger partial charge is 0.226 e. The van der Waals surface area contributed by atoms with Crippen LogP contribution in [0.5, 0.6) is 0 Å². The second-order valence-electron chi connectivity index (χ2n) is 50.3. The zero-order valence-corrected chi connectivity index (χ0v) is 93.8. The normalized spacial score (nSPS) is 25.6. The van der Waals surface area contributed by atoms with Crippen LogP contribution in [0.3, 0.4) is 0 Å². The van der Waals surface area contributed by atoms with Gasteiger partial charge in [0, 0.05) is 216 Å². The van der Waals surface area contributed by atoms with Crippen molar-refractivity contribution >= 4 is 70.1 Å². The maximum absolute atomic E-state index is 13.2. The fraction of sp³-hybridized carbons (Fsp3) is 0.812. The topological polar surface area (TPSA) is 263 Å². The fourth-order valence-electron chi connectivity index (χ4n) is 24.0. The average molecular weight is 1960 g/mol. The van der Waals surface area contributed by atoms with Gasteiger partial charge in [-0.25, -0.2) is 0 Å². The number of Topliss-reactive ketones (excluding diaryl/α,β-unsaturated/α-hetero) is 6. The Hall–Kier alpha value is -7.02. The Balaban J connectivity index is 0.000000230. The zero-order chi connectivity index (χ0) is 105. The quantitative estimate of drug-likeness (QED) is 0.0766. The van der Waals surface area contributed by atoms with E-state index in [4.69, 9.17) is 0 Å². The van der Waals surface area contributed by atoms with E-state index in [9.17, 15) is 57.5 Å². The minimum atomic E-state index is -0.389. The highest BCUT2D eigenvalue weighted by atomic mass is 16.2. The van der Waals surface area contributed by atoms with Crippen LogP contribution in [-0.2, 0) is 70.6 Å². The van der Waals surface area contributed by atoms with E-state index in [2.05, 4.69) is 50.3 Å². The van der Waals surface area contributed by atoms with Crippen molar-refractivity contribution in [1.29, 1.82) is 0 Å². The van der Waals surface area contributed by atoms with Gasteiger partial charge in [-0.1, -0.05) is 221 Å². The predicted octanol–water partition coefficient (Wildman–Crippen LogP) is 19.9. The standard InChI is InChI=1S/C21H38N2O2.C20H36N2O2.2C19H28N2O2.2C19H34N2O2/c1-15(2)23-13-9-10-16(23)14-22(6)20(25)18-12-8-7-11-17(18)19(24)21(3,4)5;1-6-22-13-9-10-15(22)14-21(5)19(24)17-12-8-7-11-16(17)18(23)20(2,3)4;2*1-19(2,3)17(22)15-10-5-6-11-16(15)18(23)21(4)13-14-9-7-8-12-20-14;2*1-19(2,3)17(22)15-9-5-6-10-16(15)18(23)20(4)13-14-21-11-7-8-12-21/h15-18H,7-14H2,1-6H3;15-17H,6-14H2,1-5H3;2*7-9,12,15-16H,5-6,10-11,13H2,1-4H3;2*15-16H,5-14H2,1-4H3/t16-,17+,18-;15-,16+,17-;4*15-,16+/m011010/s1. The molecule has 0 unspecified atom stereocenters. The lowest BCUT2D eigenvalue weighted by Gasteiger charge is -2.37. The molecule has 6 amide bonds. The van der Waals surface area contributed by atoms with E-state index in [1.54, 1.807) is 22.2 Å². The molecule has 0 aromatic carbocycles. The molecule has 4 aliphatic heterocycles. The maximum atomic E-state index is 13.2. The van der Waals surface area contributed by atoms with Crippen molar-refractivity contribution in [2.24, 2.45) is 104 Å². The van der Waals surface area contributed by atoms with Gasteiger partial charge >= 0.3 is 0 Å². The van der Waals surface area contributed by atoms with Crippen LogP contribution in [0.4, 0.5) is 0 Å². The summed E-state index contributed by atoms with van der Waals surface area (Å²) in [4.78, 5) is 184. The molecule has 0 bridgehead atoms. The molecule has 2 aromatic rings. The van der Waals surface area contributed by atoms with E-state index in [1.165, 1.54) is 51.4 Å². The molecule has 10 fully saturated rings. The minimum Gasteiger partial charge on any atom is -0.344 e. The van der Waals surface area contributed by atoms with Gasteiger partial charge in [0.2, 0.25) is 35.4 Å². The van der Waals surface area contributed by atoms with Crippen LogP contribution < -0.4 is 0 Å². The Morgan fingerprint density at radius 3 is 0.766 bits per heavy atom. The van der Waals surface area contributed by atoms with Gasteiger partial charge in [0.15, 0.2) is 0 Å². The molecule has 0 N–H and O–H groups in total. The van der Waals surface area contributed by atoms with Gasteiger partial charge in [0.25, 0.3) is 0 Å². The highest BCUT2D eigenvalue weighted by molar-refractivity contribution is 5.96. The number of carbonyl (C=O) groups is 12. The van der Waals surface area contributed by atoms with Crippen molar-refractivity contribution in [1.82, 2.24) is 59.0 Å². The summed E-state index contributed by atoms with van der Waals surface area (Å²) < 4.78 is 0. The van der Waals surface area contributed by atoms with Gasteiger partial charge < -0.3 is 39.2 Å². The summed E-state index contributed by atoms with van der Waals surface area (Å²) in [5, 5.41) is 0. The summed E-state index contributed by atoms with van der Waals surface area (Å²) in [6.45, 7) is 56.2. The number of likely N-dealkylation sites (N-methyl/N-ethyl adjacent to an activating group) is 5. The number of pyridine rings is 2. The molecule has 6 aliphatic carbocycles. The molecular weight excluding hydrogens is 1770 g/mol. The number of rotatable bonds is 28. The molecule has 14 atom stereocenters. The van der Waals surface area contributed by atoms with Crippen molar-refractivity contribution in [3.05, 3.63) is 60.2 Å². The first-order chi connectivity index (χ1) is 66.1. The van der Waals surface area contributed by atoms with E-state index in [-0.39, 0.29) is 174 Å². The van der Waals surface area contributed by atoms with Crippen LogP contribution in [0.15, 0.2) is 48.8 Å². The third kappa shape index (κ3) is 36.8. The summed E-state index contributed by atoms with van der Waals surface area (Å²) in [6, 6.07) is 12.9. The highest BCUT2D eigenvalue weighted by Gasteiger charge is 2.49. The number of likely N-dealkylation sites (tertiary alicyclic amines) is 4. The van der Waals surface area contributed by atoms with Crippen LogP contribution in [0.1, 0.15) is 362 Å². The molecule has 0 radical (unpaired) electrons. The highest BCUT2D eigenvalue weighted by Crippen LogP contribution is 2.44. The number of aromatic nitrogens is 2. The molecule has 141 heavy (non-hydrogen) atoms. The van der Waals surface area contributed by atoms with E-state index >= 15 is 0 Å². The first-order valence-corrected chi connectivity index (χ1v) is 55.6. The van der Waals surface area contributed by atoms with Crippen LogP contribution in [0, 0.1) is 104 Å². The monoisotopic (exact) mass is 1960 g/mol. The van der Waals surface area contributed by atoms with Crippen molar-refractivity contribution in [2.75, 3.05) is 127 Å². The van der Waals surface area contributed by atoms with E-state index < -0.39 is 0 Å². The molecule has 24 nitrogen and oxygen atoms in total. The minimum absolute atomic E-state index is 0.0783. The van der Waals surface area contributed by atoms with Crippen molar-refractivity contribution in [2.45, 2.75) is 382 Å². The number of carbonyl (C=O) groups excluding carboxylic acids is 12. The number of hydrogen-bond acceptors (Lipinski definition) is 18. The zero-order valence-electron chi connectivity index (χ0n) is 93.8. The summed E-state index contributed by atoms with van der Waals surface area (Å²) in [5.41, 5.74) is -0.456. The third-order valence-corrected chi connectivity index (χ3v) is 32.3. The van der Waals surface area contributed by atoms with Gasteiger partial charge in [0.05, 0.1) is 24.5 Å². The maximum Gasteiger partial charge on any atom is 0.226 e. The van der Waals surface area contributed by atoms with Gasteiger partial charge in [-0.2, -0.15) is 0 Å². The molecule has 4 saturated heterocycles. The second-order valence-corrected chi connectivity index (χ2v) is 50.3. The molecule has 798 valence electrons. The van der Waals surface area contributed by atoms with Crippen molar-refractivity contribution in [3.63, 3.8) is 0 Å². The number of hydrogen-bond donors (Lipinski definition) is 0. The molecular formula is C117H198N12O12. The Morgan fingerprint density at radius 1 is 0.291 bits per heavy atom. The fourth-order valence-corrected chi connectivity index (χ4v) is 24.0. The van der Waals surface area contributed by atoms with Gasteiger partial charge in [-0.3, -0.25) is 77.3 Å². The number of amides is 6. The van der Waals surface area contributed by atoms with Gasteiger partial charge in [-0.05, 0) is 212 Å². The number of nitrogens with zero attached hydrogens (tertiary/aromatic N) is 12. The van der Waals surface area contributed by atoms with Crippen LogP contribution >= 0.6 is 0 Å². The van der Waals surface area contributed by atoms with Crippen LogP contribution in [0.25, 0.3) is 0 Å². The van der Waals surface area contributed by atoms with E-state index in [0.717, 1.165) is 251 Å². The van der Waals surface area contributed by atoms with Gasteiger partial charge in [-0.15, -0.1) is 0 Å². The molecule has 0 spiro atoms. The number of ketones is 6. The Labute approximate surface area is 854 Å². The molecule has 2 aromatic heterocycles. The summed E-state index contributed by atoms with van der Waals surface area (Å²) >= 11 is 0. The summed E-state index contributed by atoms with van der Waals surface area (Å²) in [6.07, 6.45) is 36.5. The largest absolute Gasteiger partial charge is 0.344 e.